The van der Waals surface area contributed by atoms with E-state index in [2.05, 4.69) is 15.2 Å². The summed E-state index contributed by atoms with van der Waals surface area (Å²) in [5.74, 6) is 0.258. The molecule has 0 N–H and O–H groups in total. The molecule has 0 saturated carbocycles. The third-order valence-corrected chi connectivity index (χ3v) is 4.45. The number of hydrogen-bond acceptors (Lipinski definition) is 5. The lowest BCUT2D eigenvalue weighted by atomic mass is 10.1. The van der Waals surface area contributed by atoms with Crippen molar-refractivity contribution in [2.75, 3.05) is 6.61 Å². The number of aryl methyl sites for hydroxylation is 1. The van der Waals surface area contributed by atoms with Crippen molar-refractivity contribution >= 4 is 34.3 Å². The van der Waals surface area contributed by atoms with Gasteiger partial charge in [-0.3, -0.25) is 4.40 Å². The number of esters is 1. The fraction of sp³-hybridized carbons (Fsp3) is 0.158. The first-order valence-corrected chi connectivity index (χ1v) is 8.55. The molecule has 0 saturated heterocycles. The molecule has 6 nitrogen and oxygen atoms in total. The molecule has 0 bridgehead atoms. The van der Waals surface area contributed by atoms with E-state index in [9.17, 15) is 4.79 Å². The van der Waals surface area contributed by atoms with Gasteiger partial charge in [-0.25, -0.2) is 9.78 Å². The summed E-state index contributed by atoms with van der Waals surface area (Å²) in [6, 6.07) is 12.7. The highest BCUT2D eigenvalue weighted by Gasteiger charge is 2.17. The van der Waals surface area contributed by atoms with Crippen LogP contribution in [0.1, 0.15) is 23.0 Å². The Bertz CT molecular complexity index is 1150. The molecular weight excluding hydrogens is 352 g/mol. The van der Waals surface area contributed by atoms with Gasteiger partial charge in [0, 0.05) is 5.56 Å². The van der Waals surface area contributed by atoms with E-state index in [-0.39, 0.29) is 5.97 Å². The van der Waals surface area contributed by atoms with E-state index < -0.39 is 0 Å². The molecule has 26 heavy (non-hydrogen) atoms. The van der Waals surface area contributed by atoms with Gasteiger partial charge >= 0.3 is 5.97 Å². The van der Waals surface area contributed by atoms with Crippen molar-refractivity contribution in [1.29, 1.82) is 0 Å². The van der Waals surface area contributed by atoms with Crippen molar-refractivity contribution in [2.24, 2.45) is 0 Å². The lowest BCUT2D eigenvalue weighted by Crippen LogP contribution is -2.05. The fourth-order valence-electron chi connectivity index (χ4n) is 2.94. The van der Waals surface area contributed by atoms with Crippen LogP contribution in [-0.4, -0.2) is 32.2 Å². The highest BCUT2D eigenvalue weighted by atomic mass is 35.5. The summed E-state index contributed by atoms with van der Waals surface area (Å²) in [4.78, 5) is 16.6. The molecule has 0 aliphatic heterocycles. The number of nitrogens with zero attached hydrogens (tertiary/aromatic N) is 4. The van der Waals surface area contributed by atoms with E-state index in [4.69, 9.17) is 16.3 Å². The normalized spacial score (nSPS) is 11.2. The molecule has 0 radical (unpaired) electrons. The molecule has 7 heteroatoms. The second kappa shape index (κ2) is 6.38. The maximum Gasteiger partial charge on any atom is 0.338 e. The summed E-state index contributed by atoms with van der Waals surface area (Å²) in [5, 5.41) is 9.18. The monoisotopic (exact) mass is 366 g/mol. The molecular formula is C19H15ClN4O2. The molecule has 0 aliphatic carbocycles. The molecule has 4 aromatic rings. The lowest BCUT2D eigenvalue weighted by molar-refractivity contribution is 0.0526. The molecule has 2 aromatic heterocycles. The van der Waals surface area contributed by atoms with Crippen molar-refractivity contribution in [3.05, 3.63) is 58.7 Å². The summed E-state index contributed by atoms with van der Waals surface area (Å²) in [5.41, 5.74) is 4.05. The van der Waals surface area contributed by atoms with Crippen molar-refractivity contribution < 1.29 is 9.53 Å². The summed E-state index contributed by atoms with van der Waals surface area (Å²) >= 11 is 6.35. The average Bonchev–Trinajstić information content (AvgIpc) is 3.07. The molecule has 130 valence electrons. The van der Waals surface area contributed by atoms with Crippen LogP contribution in [0.3, 0.4) is 0 Å². The van der Waals surface area contributed by atoms with Gasteiger partial charge < -0.3 is 4.74 Å². The predicted octanol–water partition coefficient (Wildman–Crippen LogP) is 4.08. The Hall–Kier alpha value is -2.99. The van der Waals surface area contributed by atoms with E-state index in [1.165, 1.54) is 0 Å². The second-order valence-corrected chi connectivity index (χ2v) is 6.19. The molecule has 2 heterocycles. The third kappa shape index (κ3) is 2.59. The Labute approximate surface area is 154 Å². The first kappa shape index (κ1) is 16.5. The Balaban J connectivity index is 2.01. The first-order chi connectivity index (χ1) is 12.6. The minimum absolute atomic E-state index is 0.324. The van der Waals surface area contributed by atoms with Crippen molar-refractivity contribution in [1.82, 2.24) is 19.6 Å². The Morgan fingerprint density at radius 1 is 1.19 bits per heavy atom. The molecule has 0 fully saturated rings. The van der Waals surface area contributed by atoms with Gasteiger partial charge in [0.1, 0.15) is 0 Å². The number of carbonyl (C=O) groups excluding carboxylic acids is 1. The minimum Gasteiger partial charge on any atom is -0.462 e. The fourth-order valence-corrected chi connectivity index (χ4v) is 3.16. The zero-order valence-corrected chi connectivity index (χ0v) is 15.0. The number of carbonyl (C=O) groups is 1. The van der Waals surface area contributed by atoms with Gasteiger partial charge in [0.25, 0.3) is 0 Å². The predicted molar refractivity (Wildman–Crippen MR) is 99.4 cm³/mol. The van der Waals surface area contributed by atoms with Gasteiger partial charge in [-0.15, -0.1) is 10.2 Å². The topological polar surface area (TPSA) is 69.4 Å². The third-order valence-electron chi connectivity index (χ3n) is 4.12. The van der Waals surface area contributed by atoms with Crippen LogP contribution in [0.2, 0.25) is 5.02 Å². The summed E-state index contributed by atoms with van der Waals surface area (Å²) in [6.07, 6.45) is 0. The molecule has 0 amide bonds. The molecule has 2 aromatic carbocycles. The number of halogens is 1. The van der Waals surface area contributed by atoms with Gasteiger partial charge in [-0.1, -0.05) is 23.7 Å². The van der Waals surface area contributed by atoms with E-state index in [1.54, 1.807) is 19.1 Å². The minimum atomic E-state index is -0.371. The van der Waals surface area contributed by atoms with Gasteiger partial charge in [0.2, 0.25) is 0 Å². The number of rotatable bonds is 3. The summed E-state index contributed by atoms with van der Waals surface area (Å²) in [7, 11) is 0. The Morgan fingerprint density at radius 3 is 2.77 bits per heavy atom. The van der Waals surface area contributed by atoms with Gasteiger partial charge in [0.05, 0.1) is 33.9 Å². The van der Waals surface area contributed by atoms with Crippen LogP contribution in [-0.2, 0) is 4.74 Å². The Morgan fingerprint density at radius 2 is 2.00 bits per heavy atom. The molecule has 0 atom stereocenters. The SMILES string of the molecule is CCOC(=O)c1ccc2c(c1)nc(C)c1nnc(-c3ccccc3Cl)n12. The first-order valence-electron chi connectivity index (χ1n) is 8.17. The number of hydrogen-bond donors (Lipinski definition) is 0. The van der Waals surface area contributed by atoms with Crippen molar-refractivity contribution in [3.63, 3.8) is 0 Å². The van der Waals surface area contributed by atoms with Crippen LogP contribution in [0, 0.1) is 6.92 Å². The van der Waals surface area contributed by atoms with Crippen LogP contribution >= 0.6 is 11.6 Å². The van der Waals surface area contributed by atoms with E-state index in [0.717, 1.165) is 11.1 Å². The van der Waals surface area contributed by atoms with Crippen LogP contribution in [0.4, 0.5) is 0 Å². The van der Waals surface area contributed by atoms with Crippen molar-refractivity contribution in [3.8, 4) is 11.4 Å². The standard InChI is InChI=1S/C19H15ClN4O2/c1-3-26-19(25)12-8-9-16-15(10-12)21-11(2)17-22-23-18(24(16)17)13-6-4-5-7-14(13)20/h4-10H,3H2,1-2H3. The van der Waals surface area contributed by atoms with Gasteiger partial charge in [0.15, 0.2) is 11.5 Å². The van der Waals surface area contributed by atoms with Gasteiger partial charge in [-0.05, 0) is 44.2 Å². The summed E-state index contributed by atoms with van der Waals surface area (Å²) < 4.78 is 6.98. The maximum absolute atomic E-state index is 12.0. The van der Waals surface area contributed by atoms with Crippen molar-refractivity contribution in [2.45, 2.75) is 13.8 Å². The van der Waals surface area contributed by atoms with Gasteiger partial charge in [-0.2, -0.15) is 0 Å². The van der Waals surface area contributed by atoms with E-state index >= 15 is 0 Å². The van der Waals surface area contributed by atoms with E-state index in [0.29, 0.717) is 39.9 Å². The van der Waals surface area contributed by atoms with E-state index in [1.807, 2.05) is 41.7 Å². The smallest absolute Gasteiger partial charge is 0.338 e. The number of aromatic nitrogens is 4. The number of fused-ring (bicyclic) bond motifs is 3. The van der Waals surface area contributed by atoms with Crippen LogP contribution in [0.15, 0.2) is 42.5 Å². The lowest BCUT2D eigenvalue weighted by Gasteiger charge is -2.09. The number of benzene rings is 2. The van der Waals surface area contributed by atoms with Crippen LogP contribution in [0.25, 0.3) is 28.1 Å². The molecule has 0 spiro atoms. The molecule has 0 unspecified atom stereocenters. The number of ether oxygens (including phenoxy) is 1. The molecule has 4 rings (SSSR count). The zero-order chi connectivity index (χ0) is 18.3. The van der Waals surface area contributed by atoms with Crippen LogP contribution in [0.5, 0.6) is 0 Å². The summed E-state index contributed by atoms with van der Waals surface area (Å²) in [6.45, 7) is 3.96. The average molecular weight is 367 g/mol. The second-order valence-electron chi connectivity index (χ2n) is 5.78. The molecule has 0 aliphatic rings. The quantitative estimate of drug-likeness (QED) is 0.511. The highest BCUT2D eigenvalue weighted by Crippen LogP contribution is 2.29. The Kier molecular flexibility index (Phi) is 4.05. The maximum atomic E-state index is 12.0. The van der Waals surface area contributed by atoms with Crippen LogP contribution < -0.4 is 0 Å². The zero-order valence-electron chi connectivity index (χ0n) is 14.2. The largest absolute Gasteiger partial charge is 0.462 e. The highest BCUT2D eigenvalue weighted by molar-refractivity contribution is 6.33.